The Kier molecular flexibility index (Phi) is 2.53. The van der Waals surface area contributed by atoms with Gasteiger partial charge in [0.15, 0.2) is 0 Å². The maximum absolute atomic E-state index is 3.82. The summed E-state index contributed by atoms with van der Waals surface area (Å²) in [6.07, 6.45) is 0. The first-order valence-corrected chi connectivity index (χ1v) is 2.71. The molecule has 0 nitrogen and oxygen atoms in total. The lowest BCUT2D eigenvalue weighted by molar-refractivity contribution is 1.12. The highest BCUT2D eigenvalue weighted by Gasteiger charge is 1.98. The fourth-order valence-corrected chi connectivity index (χ4v) is 0.427. The summed E-state index contributed by atoms with van der Waals surface area (Å²) in [4.78, 5) is 0. The van der Waals surface area contributed by atoms with Crippen molar-refractivity contribution >= 4 is 0 Å². The van der Waals surface area contributed by atoms with E-state index in [0.29, 0.717) is 0 Å². The summed E-state index contributed by atoms with van der Waals surface area (Å²) in [6.45, 7) is 13.6. The molecule has 0 heteroatoms. The van der Waals surface area contributed by atoms with Crippen LogP contribution in [0.2, 0.25) is 0 Å². The third kappa shape index (κ3) is 1.97. The number of hydrogen-bond acceptors (Lipinski definition) is 0. The largest absolute Gasteiger partial charge is 0.0958 e. The van der Waals surface area contributed by atoms with Crippen LogP contribution in [0.25, 0.3) is 0 Å². The fraction of sp³-hybridized carbons (Fsp3) is 0.375. The van der Waals surface area contributed by atoms with E-state index in [1.807, 2.05) is 20.8 Å². The average Bonchev–Trinajstić information content (AvgIpc) is 1.64. The molecule has 0 saturated heterocycles. The molecule has 0 saturated carbocycles. The first kappa shape index (κ1) is 7.48. The Morgan fingerprint density at radius 3 is 1.38 bits per heavy atom. The van der Waals surface area contributed by atoms with Crippen molar-refractivity contribution in [2.75, 3.05) is 0 Å². The van der Waals surface area contributed by atoms with Crippen LogP contribution in [0.1, 0.15) is 20.8 Å². The molecule has 0 atom stereocenters. The molecule has 0 rings (SSSR count). The molecule has 0 aliphatic heterocycles. The molecule has 45 valence electrons. The number of hydrogen-bond donors (Lipinski definition) is 0. The minimum Gasteiger partial charge on any atom is -0.0958 e. The lowest BCUT2D eigenvalue weighted by Crippen LogP contribution is -1.88. The van der Waals surface area contributed by atoms with Gasteiger partial charge >= 0.3 is 0 Å². The molecule has 0 amide bonds. The molecular weight excluding hydrogens is 96.1 g/mol. The minimum absolute atomic E-state index is 1.06. The summed E-state index contributed by atoms with van der Waals surface area (Å²) in [7, 11) is 0. The van der Waals surface area contributed by atoms with Crippen molar-refractivity contribution in [1.82, 2.24) is 0 Å². The molecule has 0 heterocycles. The van der Waals surface area contributed by atoms with Crippen molar-refractivity contribution in [2.45, 2.75) is 20.8 Å². The van der Waals surface area contributed by atoms with Gasteiger partial charge in [-0.05, 0) is 18.4 Å². The monoisotopic (exact) mass is 109 g/mol. The molecule has 0 unspecified atom stereocenters. The Morgan fingerprint density at radius 1 is 1.00 bits per heavy atom. The van der Waals surface area contributed by atoms with Crippen molar-refractivity contribution < 1.29 is 0 Å². The number of allylic oxidation sites excluding steroid dienone is 2. The van der Waals surface area contributed by atoms with Crippen LogP contribution in [0.15, 0.2) is 24.3 Å². The van der Waals surface area contributed by atoms with Gasteiger partial charge < -0.3 is 0 Å². The Hall–Kier alpha value is -0.520. The fourth-order valence-electron chi connectivity index (χ4n) is 0.427. The molecule has 0 N–H and O–H groups in total. The molecule has 0 aliphatic carbocycles. The lowest BCUT2D eigenvalue weighted by atomic mass is 10.00. The minimum atomic E-state index is 1.06. The SMILES string of the molecule is C=C(C)C(=C)[C](C)C. The maximum atomic E-state index is 3.82. The van der Waals surface area contributed by atoms with Gasteiger partial charge in [-0.25, -0.2) is 0 Å². The Balaban J connectivity index is 3.84. The molecule has 0 fully saturated rings. The topological polar surface area (TPSA) is 0 Å². The van der Waals surface area contributed by atoms with Crippen LogP contribution in [-0.2, 0) is 0 Å². The third-order valence-electron chi connectivity index (χ3n) is 1.12. The quantitative estimate of drug-likeness (QED) is 0.478. The number of rotatable bonds is 2. The predicted molar refractivity (Wildman–Crippen MR) is 38.5 cm³/mol. The van der Waals surface area contributed by atoms with E-state index >= 15 is 0 Å². The van der Waals surface area contributed by atoms with E-state index < -0.39 is 0 Å². The predicted octanol–water partition coefficient (Wildman–Crippen LogP) is 2.73. The molecule has 0 aromatic heterocycles. The van der Waals surface area contributed by atoms with E-state index in [1.165, 1.54) is 5.92 Å². The zero-order chi connectivity index (χ0) is 6.73. The van der Waals surface area contributed by atoms with Gasteiger partial charge in [-0.3, -0.25) is 0 Å². The Labute approximate surface area is 51.9 Å². The molecule has 0 aliphatic rings. The Morgan fingerprint density at radius 2 is 1.38 bits per heavy atom. The second kappa shape index (κ2) is 2.71. The standard InChI is InChI=1S/C8H13/c1-6(2)8(5)7(3)4/h1,5H2,2-4H3. The van der Waals surface area contributed by atoms with E-state index in [1.54, 1.807) is 0 Å². The van der Waals surface area contributed by atoms with Gasteiger partial charge in [0.2, 0.25) is 0 Å². The molecule has 1 radical (unpaired) electrons. The van der Waals surface area contributed by atoms with Crippen LogP contribution in [-0.4, -0.2) is 0 Å². The van der Waals surface area contributed by atoms with Crippen LogP contribution in [0, 0.1) is 5.92 Å². The van der Waals surface area contributed by atoms with E-state index in [0.717, 1.165) is 11.1 Å². The summed E-state index contributed by atoms with van der Waals surface area (Å²) < 4.78 is 0. The highest BCUT2D eigenvalue weighted by atomic mass is 14.0. The van der Waals surface area contributed by atoms with Crippen LogP contribution in [0.4, 0.5) is 0 Å². The van der Waals surface area contributed by atoms with Gasteiger partial charge in [0, 0.05) is 0 Å². The molecule has 0 bridgehead atoms. The zero-order valence-electron chi connectivity index (χ0n) is 5.91. The lowest BCUT2D eigenvalue weighted by Gasteiger charge is -2.05. The molecular formula is C8H13. The van der Waals surface area contributed by atoms with E-state index in [2.05, 4.69) is 13.2 Å². The maximum Gasteiger partial charge on any atom is -0.00156 e. The Bertz CT molecular complexity index is 107. The van der Waals surface area contributed by atoms with Gasteiger partial charge in [0.05, 0.1) is 0 Å². The normalized spacial score (nSPS) is 9.50. The molecule has 0 spiro atoms. The van der Waals surface area contributed by atoms with Crippen LogP contribution >= 0.6 is 0 Å². The van der Waals surface area contributed by atoms with Crippen molar-refractivity contribution in [2.24, 2.45) is 0 Å². The van der Waals surface area contributed by atoms with Crippen LogP contribution < -0.4 is 0 Å². The summed E-state index contributed by atoms with van der Waals surface area (Å²) in [5.41, 5.74) is 2.13. The van der Waals surface area contributed by atoms with Gasteiger partial charge in [0.1, 0.15) is 0 Å². The first-order chi connectivity index (χ1) is 3.55. The average molecular weight is 109 g/mol. The second-order valence-corrected chi connectivity index (χ2v) is 2.26. The summed E-state index contributed by atoms with van der Waals surface area (Å²) in [5, 5.41) is 0. The van der Waals surface area contributed by atoms with Gasteiger partial charge in [-0.15, -0.1) is 0 Å². The molecule has 8 heavy (non-hydrogen) atoms. The van der Waals surface area contributed by atoms with Crippen molar-refractivity contribution in [3.8, 4) is 0 Å². The second-order valence-electron chi connectivity index (χ2n) is 2.26. The van der Waals surface area contributed by atoms with Crippen molar-refractivity contribution in [3.63, 3.8) is 0 Å². The zero-order valence-corrected chi connectivity index (χ0v) is 5.91. The summed E-state index contributed by atoms with van der Waals surface area (Å²) >= 11 is 0. The van der Waals surface area contributed by atoms with Crippen molar-refractivity contribution in [1.29, 1.82) is 0 Å². The smallest absolute Gasteiger partial charge is 0.00156 e. The third-order valence-corrected chi connectivity index (χ3v) is 1.12. The van der Waals surface area contributed by atoms with E-state index in [9.17, 15) is 0 Å². The van der Waals surface area contributed by atoms with Gasteiger partial charge in [-0.2, -0.15) is 0 Å². The van der Waals surface area contributed by atoms with E-state index in [-0.39, 0.29) is 0 Å². The highest BCUT2D eigenvalue weighted by molar-refractivity contribution is 5.34. The highest BCUT2D eigenvalue weighted by Crippen LogP contribution is 2.15. The summed E-state index contributed by atoms with van der Waals surface area (Å²) in [5.74, 6) is 1.25. The molecule has 0 aromatic carbocycles. The summed E-state index contributed by atoms with van der Waals surface area (Å²) in [6, 6.07) is 0. The van der Waals surface area contributed by atoms with E-state index in [4.69, 9.17) is 0 Å². The first-order valence-electron chi connectivity index (χ1n) is 2.71. The van der Waals surface area contributed by atoms with Crippen LogP contribution in [0.3, 0.4) is 0 Å². The van der Waals surface area contributed by atoms with Gasteiger partial charge in [-0.1, -0.05) is 32.6 Å². The van der Waals surface area contributed by atoms with Gasteiger partial charge in [0.25, 0.3) is 0 Å². The molecule has 0 aromatic rings. The van der Waals surface area contributed by atoms with Crippen molar-refractivity contribution in [3.05, 3.63) is 30.2 Å². The van der Waals surface area contributed by atoms with Crippen LogP contribution in [0.5, 0.6) is 0 Å².